The van der Waals surface area contributed by atoms with E-state index >= 15 is 0 Å². The third kappa shape index (κ3) is 2.43. The van der Waals surface area contributed by atoms with E-state index in [4.69, 9.17) is 15.2 Å². The number of rotatable bonds is 4. The molecule has 1 aromatic rings. The highest BCUT2D eigenvalue weighted by Gasteiger charge is 2.09. The lowest BCUT2D eigenvalue weighted by molar-refractivity contribution is 0.181. The van der Waals surface area contributed by atoms with Gasteiger partial charge in [-0.25, -0.2) is 4.39 Å². The van der Waals surface area contributed by atoms with E-state index in [0.717, 1.165) is 5.56 Å². The Kier molecular flexibility index (Phi) is 3.85. The molecule has 0 heterocycles. The molecule has 3 nitrogen and oxygen atoms in total. The largest absolute Gasteiger partial charge is 0.494 e. The molecule has 14 heavy (non-hydrogen) atoms. The molecule has 1 atom stereocenters. The Bertz CT molecular complexity index is 304. The van der Waals surface area contributed by atoms with E-state index in [2.05, 4.69) is 0 Å². The van der Waals surface area contributed by atoms with Crippen LogP contribution in [0, 0.1) is 5.82 Å². The van der Waals surface area contributed by atoms with Crippen LogP contribution >= 0.6 is 0 Å². The molecule has 0 fully saturated rings. The van der Waals surface area contributed by atoms with Crippen molar-refractivity contribution in [1.82, 2.24) is 0 Å². The molecule has 1 rings (SSSR count). The molecule has 0 bridgehead atoms. The van der Waals surface area contributed by atoms with Crippen LogP contribution in [-0.2, 0) is 4.74 Å². The molecule has 0 aliphatic carbocycles. The van der Waals surface area contributed by atoms with Gasteiger partial charge in [0.25, 0.3) is 0 Å². The summed E-state index contributed by atoms with van der Waals surface area (Å²) < 4.78 is 22.8. The minimum Gasteiger partial charge on any atom is -0.494 e. The second kappa shape index (κ2) is 4.93. The molecule has 4 heteroatoms. The second-order valence-electron chi connectivity index (χ2n) is 2.96. The van der Waals surface area contributed by atoms with Crippen LogP contribution in [0.4, 0.5) is 4.39 Å². The van der Waals surface area contributed by atoms with Gasteiger partial charge in [0.15, 0.2) is 11.6 Å². The quantitative estimate of drug-likeness (QED) is 0.798. The van der Waals surface area contributed by atoms with Crippen LogP contribution in [-0.4, -0.2) is 20.8 Å². The minimum atomic E-state index is -0.388. The molecule has 0 saturated heterocycles. The van der Waals surface area contributed by atoms with E-state index in [0.29, 0.717) is 6.61 Å². The van der Waals surface area contributed by atoms with Gasteiger partial charge in [-0.1, -0.05) is 6.07 Å². The molecule has 0 aliphatic heterocycles. The van der Waals surface area contributed by atoms with Crippen LogP contribution in [0.1, 0.15) is 11.6 Å². The minimum absolute atomic E-state index is 0.203. The van der Waals surface area contributed by atoms with Crippen molar-refractivity contribution in [2.24, 2.45) is 5.73 Å². The fourth-order valence-corrected chi connectivity index (χ4v) is 1.18. The summed E-state index contributed by atoms with van der Waals surface area (Å²) >= 11 is 0. The first-order chi connectivity index (χ1) is 6.69. The molecule has 0 aliphatic rings. The molecule has 0 saturated carbocycles. The third-order valence-electron chi connectivity index (χ3n) is 1.95. The van der Waals surface area contributed by atoms with Crippen molar-refractivity contribution in [1.29, 1.82) is 0 Å². The number of benzene rings is 1. The molecule has 0 radical (unpaired) electrons. The average Bonchev–Trinajstić information content (AvgIpc) is 2.19. The number of hydrogen-bond donors (Lipinski definition) is 1. The summed E-state index contributed by atoms with van der Waals surface area (Å²) in [5.41, 5.74) is 6.57. The third-order valence-corrected chi connectivity index (χ3v) is 1.95. The first kappa shape index (κ1) is 10.9. The van der Waals surface area contributed by atoms with Gasteiger partial charge < -0.3 is 15.2 Å². The van der Waals surface area contributed by atoms with Crippen LogP contribution in [0.5, 0.6) is 5.75 Å². The van der Waals surface area contributed by atoms with E-state index in [1.165, 1.54) is 13.2 Å². The Morgan fingerprint density at radius 2 is 2.14 bits per heavy atom. The lowest BCUT2D eigenvalue weighted by atomic mass is 10.1. The van der Waals surface area contributed by atoms with Crippen LogP contribution in [0.15, 0.2) is 18.2 Å². The smallest absolute Gasteiger partial charge is 0.165 e. The SMILES string of the molecule is COC[C@@H](N)c1ccc(F)c(OC)c1. The Morgan fingerprint density at radius 3 is 2.71 bits per heavy atom. The molecule has 78 valence electrons. The normalized spacial score (nSPS) is 12.6. The van der Waals surface area contributed by atoms with Crippen molar-refractivity contribution in [3.05, 3.63) is 29.6 Å². The first-order valence-corrected chi connectivity index (χ1v) is 4.27. The number of methoxy groups -OCH3 is 2. The van der Waals surface area contributed by atoms with E-state index in [-0.39, 0.29) is 17.6 Å². The number of hydrogen-bond acceptors (Lipinski definition) is 3. The van der Waals surface area contributed by atoms with Crippen molar-refractivity contribution in [3.63, 3.8) is 0 Å². The van der Waals surface area contributed by atoms with Crippen molar-refractivity contribution in [3.8, 4) is 5.75 Å². The molecule has 0 unspecified atom stereocenters. The van der Waals surface area contributed by atoms with Gasteiger partial charge in [-0.05, 0) is 17.7 Å². The monoisotopic (exact) mass is 199 g/mol. The zero-order valence-corrected chi connectivity index (χ0v) is 8.29. The van der Waals surface area contributed by atoms with E-state index < -0.39 is 0 Å². The van der Waals surface area contributed by atoms with Gasteiger partial charge in [0.2, 0.25) is 0 Å². The molecular weight excluding hydrogens is 185 g/mol. The standard InChI is InChI=1S/C10H14FNO2/c1-13-6-9(12)7-3-4-8(11)10(5-7)14-2/h3-5,9H,6,12H2,1-2H3/t9-/m1/s1. The summed E-state index contributed by atoms with van der Waals surface area (Å²) in [6, 6.07) is 4.29. The number of halogens is 1. The van der Waals surface area contributed by atoms with E-state index in [1.54, 1.807) is 19.2 Å². The zero-order chi connectivity index (χ0) is 10.6. The van der Waals surface area contributed by atoms with Crippen molar-refractivity contribution >= 4 is 0 Å². The number of ether oxygens (including phenoxy) is 2. The maximum atomic E-state index is 13.0. The Labute approximate surface area is 82.6 Å². The van der Waals surface area contributed by atoms with Crippen LogP contribution in [0.3, 0.4) is 0 Å². The van der Waals surface area contributed by atoms with Gasteiger partial charge in [0, 0.05) is 7.11 Å². The highest BCUT2D eigenvalue weighted by molar-refractivity contribution is 5.32. The van der Waals surface area contributed by atoms with Gasteiger partial charge in [-0.2, -0.15) is 0 Å². The molecule has 0 spiro atoms. The fraction of sp³-hybridized carbons (Fsp3) is 0.400. The second-order valence-corrected chi connectivity index (χ2v) is 2.96. The topological polar surface area (TPSA) is 44.5 Å². The highest BCUT2D eigenvalue weighted by atomic mass is 19.1. The molecule has 1 aromatic carbocycles. The zero-order valence-electron chi connectivity index (χ0n) is 8.29. The highest BCUT2D eigenvalue weighted by Crippen LogP contribution is 2.21. The summed E-state index contributed by atoms with van der Waals surface area (Å²) in [7, 11) is 2.99. The first-order valence-electron chi connectivity index (χ1n) is 4.27. The molecular formula is C10H14FNO2. The lowest BCUT2D eigenvalue weighted by Gasteiger charge is -2.12. The van der Waals surface area contributed by atoms with Gasteiger partial charge in [-0.3, -0.25) is 0 Å². The van der Waals surface area contributed by atoms with Crippen LogP contribution in [0.2, 0.25) is 0 Å². The molecule has 0 aromatic heterocycles. The maximum absolute atomic E-state index is 13.0. The summed E-state index contributed by atoms with van der Waals surface area (Å²) in [6.07, 6.45) is 0. The van der Waals surface area contributed by atoms with E-state index in [9.17, 15) is 4.39 Å². The molecule has 2 N–H and O–H groups in total. The van der Waals surface area contributed by atoms with Crippen molar-refractivity contribution in [2.75, 3.05) is 20.8 Å². The number of nitrogens with two attached hydrogens (primary N) is 1. The maximum Gasteiger partial charge on any atom is 0.165 e. The van der Waals surface area contributed by atoms with Gasteiger partial charge in [-0.15, -0.1) is 0 Å². The Balaban J connectivity index is 2.88. The van der Waals surface area contributed by atoms with Crippen molar-refractivity contribution < 1.29 is 13.9 Å². The average molecular weight is 199 g/mol. The van der Waals surface area contributed by atoms with E-state index in [1.807, 2.05) is 0 Å². The summed E-state index contributed by atoms with van der Waals surface area (Å²) in [6.45, 7) is 0.398. The summed E-state index contributed by atoms with van der Waals surface area (Å²) in [5, 5.41) is 0. The Morgan fingerprint density at radius 1 is 1.43 bits per heavy atom. The lowest BCUT2D eigenvalue weighted by Crippen LogP contribution is -2.16. The van der Waals surface area contributed by atoms with Gasteiger partial charge in [0.1, 0.15) is 0 Å². The Hall–Kier alpha value is -1.13. The van der Waals surface area contributed by atoms with Crippen molar-refractivity contribution in [2.45, 2.75) is 6.04 Å². The molecule has 0 amide bonds. The van der Waals surface area contributed by atoms with Gasteiger partial charge >= 0.3 is 0 Å². The predicted octanol–water partition coefficient (Wildman–Crippen LogP) is 1.48. The van der Waals surface area contributed by atoms with Gasteiger partial charge in [0.05, 0.1) is 19.8 Å². The van der Waals surface area contributed by atoms with Crippen LogP contribution < -0.4 is 10.5 Å². The fourth-order valence-electron chi connectivity index (χ4n) is 1.18. The summed E-state index contributed by atoms with van der Waals surface area (Å²) in [5.74, 6) is -0.185. The summed E-state index contributed by atoms with van der Waals surface area (Å²) in [4.78, 5) is 0. The predicted molar refractivity (Wildman–Crippen MR) is 51.8 cm³/mol. The van der Waals surface area contributed by atoms with Crippen LogP contribution in [0.25, 0.3) is 0 Å².